The smallest absolute Gasteiger partial charge is 0.323 e. The normalized spacial score (nSPS) is 22.4. The summed E-state index contributed by atoms with van der Waals surface area (Å²) in [5, 5.41) is 9.29. The number of aromatic nitrogens is 3. The lowest BCUT2D eigenvalue weighted by atomic mass is 9.84. The van der Waals surface area contributed by atoms with Gasteiger partial charge in [-0.3, -0.25) is 4.98 Å². The van der Waals surface area contributed by atoms with Gasteiger partial charge in [0.25, 0.3) is 0 Å². The van der Waals surface area contributed by atoms with E-state index >= 15 is 0 Å². The molecule has 10 heteroatoms. The maximum Gasteiger partial charge on any atom is 0.323 e. The lowest BCUT2D eigenvalue weighted by Crippen LogP contribution is -2.40. The van der Waals surface area contributed by atoms with Crippen molar-refractivity contribution >= 4 is 28.4 Å². The minimum atomic E-state index is -2.58. The van der Waals surface area contributed by atoms with Gasteiger partial charge >= 0.3 is 6.03 Å². The molecule has 3 aromatic rings. The average molecular weight is 473 g/mol. The van der Waals surface area contributed by atoms with Gasteiger partial charge < -0.3 is 20.5 Å². The number of alkyl halides is 2. The van der Waals surface area contributed by atoms with Crippen molar-refractivity contribution in [1.29, 1.82) is 0 Å². The molecule has 0 atom stereocenters. The van der Waals surface area contributed by atoms with Crippen LogP contribution in [0.25, 0.3) is 11.0 Å². The number of nitrogens with one attached hydrogen (secondary N) is 3. The average Bonchev–Trinajstić information content (AvgIpc) is 3.10. The van der Waals surface area contributed by atoms with Gasteiger partial charge in [-0.15, -0.1) is 0 Å². The zero-order chi connectivity index (χ0) is 23.9. The Morgan fingerprint density at radius 3 is 2.56 bits per heavy atom. The van der Waals surface area contributed by atoms with E-state index in [2.05, 4.69) is 25.9 Å². The first-order valence-corrected chi connectivity index (χ1v) is 11.6. The van der Waals surface area contributed by atoms with Crippen molar-refractivity contribution in [3.05, 3.63) is 48.3 Å². The standard InChI is InChI=1S/C24H27F3N6O/c1-28-17-9-18(10-17)33-13-21(19-8-15(25)11-30-22(19)33)32-23(34)31-16-2-3-20(29-12-16)14-4-6-24(26,27)7-5-14/h2-3,8,11-14,17-18,28H,4-7,9-10H2,1H3,(H2,31,32,34). The minimum absolute atomic E-state index is 0.00467. The van der Waals surface area contributed by atoms with Crippen molar-refractivity contribution in [2.45, 2.75) is 62.4 Å². The Bertz CT molecular complexity index is 1180. The highest BCUT2D eigenvalue weighted by molar-refractivity contribution is 6.05. The summed E-state index contributed by atoms with van der Waals surface area (Å²) in [4.78, 5) is 21.3. The third-order valence-corrected chi connectivity index (χ3v) is 6.98. The van der Waals surface area contributed by atoms with Gasteiger partial charge in [-0.1, -0.05) is 0 Å². The van der Waals surface area contributed by atoms with Crippen LogP contribution >= 0.6 is 0 Å². The van der Waals surface area contributed by atoms with Crippen LogP contribution in [0.1, 0.15) is 56.2 Å². The summed E-state index contributed by atoms with van der Waals surface area (Å²) in [5.41, 5.74) is 2.33. The summed E-state index contributed by atoms with van der Waals surface area (Å²) >= 11 is 0. The number of fused-ring (bicyclic) bond motifs is 1. The van der Waals surface area contributed by atoms with Crippen LogP contribution in [0.3, 0.4) is 0 Å². The van der Waals surface area contributed by atoms with Gasteiger partial charge in [-0.05, 0) is 50.9 Å². The fraction of sp³-hybridized carbons (Fsp3) is 0.458. The summed E-state index contributed by atoms with van der Waals surface area (Å²) in [6.07, 6.45) is 6.92. The van der Waals surface area contributed by atoms with E-state index in [4.69, 9.17) is 0 Å². The molecule has 3 aromatic heterocycles. The molecule has 0 saturated heterocycles. The molecule has 2 fully saturated rings. The largest absolute Gasteiger partial charge is 0.327 e. The Morgan fingerprint density at radius 1 is 1.12 bits per heavy atom. The number of anilines is 2. The van der Waals surface area contributed by atoms with Crippen LogP contribution in [-0.2, 0) is 0 Å². The van der Waals surface area contributed by atoms with Crippen LogP contribution < -0.4 is 16.0 Å². The third-order valence-electron chi connectivity index (χ3n) is 6.98. The quantitative estimate of drug-likeness (QED) is 0.462. The molecule has 0 aromatic carbocycles. The van der Waals surface area contributed by atoms with Gasteiger partial charge in [0.2, 0.25) is 5.92 Å². The van der Waals surface area contributed by atoms with Crippen LogP contribution in [0.5, 0.6) is 0 Å². The number of halogens is 3. The number of rotatable bonds is 5. The summed E-state index contributed by atoms with van der Waals surface area (Å²) in [7, 11) is 1.93. The number of urea groups is 1. The van der Waals surface area contributed by atoms with Crippen LogP contribution in [0, 0.1) is 5.82 Å². The zero-order valence-electron chi connectivity index (χ0n) is 18.8. The molecule has 5 rings (SSSR count). The second kappa shape index (κ2) is 8.90. The summed E-state index contributed by atoms with van der Waals surface area (Å²) < 4.78 is 42.7. The maximum atomic E-state index is 13.9. The Balaban J connectivity index is 1.26. The third kappa shape index (κ3) is 4.59. The summed E-state index contributed by atoms with van der Waals surface area (Å²) in [6, 6.07) is 5.02. The molecule has 0 spiro atoms. The second-order valence-electron chi connectivity index (χ2n) is 9.27. The van der Waals surface area contributed by atoms with Crippen molar-refractivity contribution in [2.75, 3.05) is 17.7 Å². The predicted octanol–water partition coefficient (Wildman–Crippen LogP) is 5.43. The predicted molar refractivity (Wildman–Crippen MR) is 124 cm³/mol. The Morgan fingerprint density at radius 2 is 1.88 bits per heavy atom. The molecular formula is C24H27F3N6O. The van der Waals surface area contributed by atoms with E-state index in [1.165, 1.54) is 18.5 Å². The number of hydrogen-bond donors (Lipinski definition) is 3. The molecule has 7 nitrogen and oxygen atoms in total. The van der Waals surface area contributed by atoms with E-state index in [0.29, 0.717) is 41.3 Å². The highest BCUT2D eigenvalue weighted by Crippen LogP contribution is 2.40. The molecule has 2 saturated carbocycles. The number of amides is 2. The van der Waals surface area contributed by atoms with E-state index in [9.17, 15) is 18.0 Å². The van der Waals surface area contributed by atoms with Crippen LogP contribution in [0.15, 0.2) is 36.8 Å². The first-order valence-electron chi connectivity index (χ1n) is 11.6. The fourth-order valence-electron chi connectivity index (χ4n) is 4.88. The van der Waals surface area contributed by atoms with Crippen LogP contribution in [0.4, 0.5) is 29.3 Å². The SMILES string of the molecule is CNC1CC(n2cc(NC(=O)Nc3ccc(C4CCC(F)(F)CC4)nc3)c3cc(F)cnc32)C1. The van der Waals surface area contributed by atoms with Crippen molar-refractivity contribution in [2.24, 2.45) is 0 Å². The molecule has 3 heterocycles. The van der Waals surface area contributed by atoms with E-state index in [-0.39, 0.29) is 24.8 Å². The molecule has 2 aliphatic rings. The van der Waals surface area contributed by atoms with Gasteiger partial charge in [-0.2, -0.15) is 0 Å². The summed E-state index contributed by atoms with van der Waals surface area (Å²) in [5.74, 6) is -3.05. The summed E-state index contributed by atoms with van der Waals surface area (Å²) in [6.45, 7) is 0. The molecule has 34 heavy (non-hydrogen) atoms. The molecule has 2 amide bonds. The molecule has 0 unspecified atom stereocenters. The number of carbonyl (C=O) groups excluding carboxylic acids is 1. The van der Waals surface area contributed by atoms with Gasteiger partial charge in [0.1, 0.15) is 11.5 Å². The van der Waals surface area contributed by atoms with Gasteiger partial charge in [0.05, 0.1) is 23.8 Å². The molecular weight excluding hydrogens is 445 g/mol. The highest BCUT2D eigenvalue weighted by Gasteiger charge is 2.35. The van der Waals surface area contributed by atoms with Crippen LogP contribution in [0.2, 0.25) is 0 Å². The van der Waals surface area contributed by atoms with Crippen molar-refractivity contribution in [3.8, 4) is 0 Å². The second-order valence-corrected chi connectivity index (χ2v) is 9.27. The molecule has 2 aliphatic carbocycles. The fourth-order valence-corrected chi connectivity index (χ4v) is 4.88. The molecule has 0 bridgehead atoms. The highest BCUT2D eigenvalue weighted by atomic mass is 19.3. The van der Waals surface area contributed by atoms with E-state index in [1.54, 1.807) is 18.3 Å². The lowest BCUT2D eigenvalue weighted by molar-refractivity contribution is -0.0384. The van der Waals surface area contributed by atoms with Crippen molar-refractivity contribution in [1.82, 2.24) is 19.9 Å². The van der Waals surface area contributed by atoms with E-state index in [1.807, 2.05) is 11.6 Å². The number of pyridine rings is 2. The first kappa shape index (κ1) is 22.6. The monoisotopic (exact) mass is 472 g/mol. The first-order chi connectivity index (χ1) is 16.3. The topological polar surface area (TPSA) is 83.9 Å². The van der Waals surface area contributed by atoms with Crippen molar-refractivity contribution < 1.29 is 18.0 Å². The Hall–Kier alpha value is -3.14. The van der Waals surface area contributed by atoms with Gasteiger partial charge in [0, 0.05) is 48.1 Å². The molecule has 180 valence electrons. The number of carbonyl (C=O) groups is 1. The Labute approximate surface area is 195 Å². The molecule has 3 N–H and O–H groups in total. The van der Waals surface area contributed by atoms with Crippen molar-refractivity contribution in [3.63, 3.8) is 0 Å². The number of nitrogens with zero attached hydrogens (tertiary/aromatic N) is 3. The van der Waals surface area contributed by atoms with Crippen LogP contribution in [-0.4, -0.2) is 39.6 Å². The van der Waals surface area contributed by atoms with Gasteiger partial charge in [-0.25, -0.2) is 22.9 Å². The minimum Gasteiger partial charge on any atom is -0.327 e. The maximum absolute atomic E-state index is 13.9. The lowest BCUT2D eigenvalue weighted by Gasteiger charge is -2.36. The van der Waals surface area contributed by atoms with E-state index < -0.39 is 17.8 Å². The molecule has 0 radical (unpaired) electrons. The van der Waals surface area contributed by atoms with Gasteiger partial charge in [0.15, 0.2) is 0 Å². The zero-order valence-corrected chi connectivity index (χ0v) is 18.8. The molecule has 0 aliphatic heterocycles. The Kier molecular flexibility index (Phi) is 5.93. The number of hydrogen-bond acceptors (Lipinski definition) is 4. The van der Waals surface area contributed by atoms with E-state index in [0.717, 1.165) is 18.5 Å².